The van der Waals surface area contributed by atoms with E-state index in [4.69, 9.17) is 10.5 Å². The molecule has 3 heteroatoms. The van der Waals surface area contributed by atoms with Crippen LogP contribution in [0.5, 0.6) is 5.75 Å². The number of nitrogen functional groups attached to an aromatic ring is 1. The van der Waals surface area contributed by atoms with E-state index < -0.39 is 0 Å². The highest BCUT2D eigenvalue weighted by Crippen LogP contribution is 2.24. The molecule has 0 unspecified atom stereocenters. The van der Waals surface area contributed by atoms with Crippen molar-refractivity contribution in [2.45, 2.75) is 13.8 Å². The Labute approximate surface area is 101 Å². The van der Waals surface area contributed by atoms with Crippen LogP contribution in [-0.2, 0) is 0 Å². The normalized spacial score (nSPS) is 10.2. The van der Waals surface area contributed by atoms with Gasteiger partial charge in [0.1, 0.15) is 5.75 Å². The predicted molar refractivity (Wildman–Crippen MR) is 70.0 cm³/mol. The molecule has 1 aromatic heterocycles. The highest BCUT2D eigenvalue weighted by atomic mass is 16.5. The van der Waals surface area contributed by atoms with Gasteiger partial charge < -0.3 is 10.5 Å². The molecule has 0 aliphatic rings. The van der Waals surface area contributed by atoms with E-state index in [9.17, 15) is 0 Å². The Balaban J connectivity index is 2.30. The smallest absolute Gasteiger partial charge is 0.119 e. The molecule has 0 saturated carbocycles. The lowest BCUT2D eigenvalue weighted by atomic mass is 10.1. The molecule has 0 atom stereocenters. The summed E-state index contributed by atoms with van der Waals surface area (Å²) < 4.78 is 5.40. The zero-order chi connectivity index (χ0) is 12.3. The molecule has 0 fully saturated rings. The second-order valence-electron chi connectivity index (χ2n) is 3.86. The molecule has 0 bridgehead atoms. The minimum Gasteiger partial charge on any atom is -0.494 e. The molecular formula is C14H16N2O. The van der Waals surface area contributed by atoms with Crippen LogP contribution >= 0.6 is 0 Å². The monoisotopic (exact) mass is 228 g/mol. The first-order valence-electron chi connectivity index (χ1n) is 5.66. The topological polar surface area (TPSA) is 48.1 Å². The highest BCUT2D eigenvalue weighted by Gasteiger charge is 2.01. The summed E-state index contributed by atoms with van der Waals surface area (Å²) in [4.78, 5) is 4.26. The van der Waals surface area contributed by atoms with Gasteiger partial charge >= 0.3 is 0 Å². The van der Waals surface area contributed by atoms with Crippen molar-refractivity contribution in [3.8, 4) is 16.9 Å². The van der Waals surface area contributed by atoms with Gasteiger partial charge in [-0.05, 0) is 37.6 Å². The van der Waals surface area contributed by atoms with Gasteiger partial charge in [-0.15, -0.1) is 0 Å². The number of anilines is 1. The van der Waals surface area contributed by atoms with Gasteiger partial charge in [0, 0.05) is 11.8 Å². The van der Waals surface area contributed by atoms with E-state index in [0.717, 1.165) is 28.3 Å². The van der Waals surface area contributed by atoms with Gasteiger partial charge in [-0.2, -0.15) is 0 Å². The van der Waals surface area contributed by atoms with Crippen molar-refractivity contribution in [3.05, 3.63) is 42.2 Å². The minimum atomic E-state index is 0.679. The van der Waals surface area contributed by atoms with Crippen molar-refractivity contribution in [1.29, 1.82) is 0 Å². The maximum Gasteiger partial charge on any atom is 0.119 e. The van der Waals surface area contributed by atoms with Crippen LogP contribution in [0.3, 0.4) is 0 Å². The summed E-state index contributed by atoms with van der Waals surface area (Å²) in [5.74, 6) is 0.879. The fraction of sp³-hybridized carbons (Fsp3) is 0.214. The van der Waals surface area contributed by atoms with Gasteiger partial charge in [-0.1, -0.05) is 12.1 Å². The van der Waals surface area contributed by atoms with E-state index in [-0.39, 0.29) is 0 Å². The second-order valence-corrected chi connectivity index (χ2v) is 3.86. The molecular weight excluding hydrogens is 212 g/mol. The number of ether oxygens (including phenoxy) is 1. The molecule has 0 amide bonds. The van der Waals surface area contributed by atoms with Crippen molar-refractivity contribution in [2.75, 3.05) is 12.3 Å². The first-order chi connectivity index (χ1) is 8.20. The van der Waals surface area contributed by atoms with Gasteiger partial charge in [0.05, 0.1) is 18.0 Å². The van der Waals surface area contributed by atoms with Crippen LogP contribution in [-0.4, -0.2) is 11.6 Å². The summed E-state index contributed by atoms with van der Waals surface area (Å²) in [7, 11) is 0. The third kappa shape index (κ3) is 2.56. The van der Waals surface area contributed by atoms with Gasteiger partial charge in [0.2, 0.25) is 0 Å². The molecule has 0 aliphatic carbocycles. The largest absolute Gasteiger partial charge is 0.494 e. The minimum absolute atomic E-state index is 0.679. The van der Waals surface area contributed by atoms with Crippen LogP contribution in [0.25, 0.3) is 11.1 Å². The number of aryl methyl sites for hydroxylation is 1. The summed E-state index contributed by atoms with van der Waals surface area (Å²) in [5.41, 5.74) is 9.54. The molecule has 0 saturated heterocycles. The van der Waals surface area contributed by atoms with Crippen LogP contribution in [0.4, 0.5) is 5.69 Å². The Morgan fingerprint density at radius 2 is 1.88 bits per heavy atom. The van der Waals surface area contributed by atoms with Gasteiger partial charge in [0.15, 0.2) is 0 Å². The first kappa shape index (κ1) is 11.5. The zero-order valence-corrected chi connectivity index (χ0v) is 10.1. The van der Waals surface area contributed by atoms with Gasteiger partial charge in [-0.3, -0.25) is 4.98 Å². The standard InChI is InChI=1S/C14H16N2O/c1-3-17-13-6-4-11(5-7-13)12-8-14(15)10(2)16-9-12/h4-9H,3,15H2,1-2H3. The van der Waals surface area contributed by atoms with Crippen LogP contribution in [0, 0.1) is 6.92 Å². The molecule has 3 nitrogen and oxygen atoms in total. The Hall–Kier alpha value is -2.03. The zero-order valence-electron chi connectivity index (χ0n) is 10.1. The molecule has 0 aliphatic heterocycles. The fourth-order valence-electron chi connectivity index (χ4n) is 1.62. The average molecular weight is 228 g/mol. The number of pyridine rings is 1. The SMILES string of the molecule is CCOc1ccc(-c2cnc(C)c(N)c2)cc1. The Morgan fingerprint density at radius 3 is 2.47 bits per heavy atom. The van der Waals surface area contributed by atoms with Crippen molar-refractivity contribution >= 4 is 5.69 Å². The van der Waals surface area contributed by atoms with Crippen molar-refractivity contribution in [3.63, 3.8) is 0 Å². The Kier molecular flexibility index (Phi) is 3.28. The molecule has 17 heavy (non-hydrogen) atoms. The maximum atomic E-state index is 5.85. The number of benzene rings is 1. The molecule has 1 heterocycles. The second kappa shape index (κ2) is 4.87. The molecule has 2 aromatic rings. The van der Waals surface area contributed by atoms with E-state index in [1.54, 1.807) is 0 Å². The summed E-state index contributed by atoms with van der Waals surface area (Å²) in [5, 5.41) is 0. The van der Waals surface area contributed by atoms with E-state index in [1.807, 2.05) is 50.4 Å². The van der Waals surface area contributed by atoms with E-state index in [1.165, 1.54) is 0 Å². The highest BCUT2D eigenvalue weighted by molar-refractivity contribution is 5.67. The number of rotatable bonds is 3. The lowest BCUT2D eigenvalue weighted by Crippen LogP contribution is -1.94. The van der Waals surface area contributed by atoms with Gasteiger partial charge in [-0.25, -0.2) is 0 Å². The fourth-order valence-corrected chi connectivity index (χ4v) is 1.62. The molecule has 88 valence electrons. The van der Waals surface area contributed by atoms with Crippen LogP contribution < -0.4 is 10.5 Å². The third-order valence-electron chi connectivity index (χ3n) is 2.62. The summed E-state index contributed by atoms with van der Waals surface area (Å²) in [6.07, 6.45) is 1.83. The lowest BCUT2D eigenvalue weighted by molar-refractivity contribution is 0.340. The van der Waals surface area contributed by atoms with Crippen molar-refractivity contribution in [1.82, 2.24) is 4.98 Å². The van der Waals surface area contributed by atoms with Crippen LogP contribution in [0.1, 0.15) is 12.6 Å². The number of nitrogens with zero attached hydrogens (tertiary/aromatic N) is 1. The average Bonchev–Trinajstić information content (AvgIpc) is 2.34. The van der Waals surface area contributed by atoms with E-state index >= 15 is 0 Å². The Morgan fingerprint density at radius 1 is 1.18 bits per heavy atom. The molecule has 1 aromatic carbocycles. The lowest BCUT2D eigenvalue weighted by Gasteiger charge is -2.06. The number of nitrogens with two attached hydrogens (primary N) is 1. The van der Waals surface area contributed by atoms with Crippen molar-refractivity contribution in [2.24, 2.45) is 0 Å². The van der Waals surface area contributed by atoms with E-state index in [2.05, 4.69) is 4.98 Å². The summed E-state index contributed by atoms with van der Waals surface area (Å²) in [6, 6.07) is 9.87. The van der Waals surface area contributed by atoms with Crippen LogP contribution in [0.15, 0.2) is 36.5 Å². The quantitative estimate of drug-likeness (QED) is 0.878. The predicted octanol–water partition coefficient (Wildman–Crippen LogP) is 3.04. The Bertz CT molecular complexity index is 506. The number of hydrogen-bond donors (Lipinski definition) is 1. The number of hydrogen-bond acceptors (Lipinski definition) is 3. The molecule has 0 radical (unpaired) electrons. The third-order valence-corrected chi connectivity index (χ3v) is 2.62. The van der Waals surface area contributed by atoms with E-state index in [0.29, 0.717) is 6.61 Å². The van der Waals surface area contributed by atoms with Crippen molar-refractivity contribution < 1.29 is 4.74 Å². The van der Waals surface area contributed by atoms with Gasteiger partial charge in [0.25, 0.3) is 0 Å². The first-order valence-corrected chi connectivity index (χ1v) is 5.66. The molecule has 2 N–H and O–H groups in total. The van der Waals surface area contributed by atoms with Crippen LogP contribution in [0.2, 0.25) is 0 Å². The molecule has 0 spiro atoms. The summed E-state index contributed by atoms with van der Waals surface area (Å²) >= 11 is 0. The number of aromatic nitrogens is 1. The molecule has 2 rings (SSSR count). The maximum absolute atomic E-state index is 5.85. The summed E-state index contributed by atoms with van der Waals surface area (Å²) in [6.45, 7) is 4.55.